The van der Waals surface area contributed by atoms with E-state index in [1.54, 1.807) is 25.3 Å². The smallest absolute Gasteiger partial charge is 0.274 e. The topological polar surface area (TPSA) is 77.7 Å². The minimum atomic E-state index is -0.386. The summed E-state index contributed by atoms with van der Waals surface area (Å²) in [6, 6.07) is 5.01. The molecule has 0 spiro atoms. The Labute approximate surface area is 134 Å². The summed E-state index contributed by atoms with van der Waals surface area (Å²) in [6.45, 7) is 6.48. The molecular weight excluding hydrogens is 298 g/mol. The van der Waals surface area contributed by atoms with Gasteiger partial charge in [-0.05, 0) is 19.1 Å². The molecule has 0 aliphatic carbocycles. The maximum Gasteiger partial charge on any atom is 0.274 e. The van der Waals surface area contributed by atoms with Crippen LogP contribution < -0.4 is 4.74 Å². The quantitative estimate of drug-likeness (QED) is 0.621. The molecule has 7 nitrogen and oxygen atoms in total. The van der Waals surface area contributed by atoms with E-state index < -0.39 is 0 Å². The molecule has 2 heterocycles. The second-order valence-electron chi connectivity index (χ2n) is 5.47. The number of nitro benzene ring substituents is 1. The van der Waals surface area contributed by atoms with Gasteiger partial charge in [-0.3, -0.25) is 20.0 Å². The number of aryl methyl sites for hydroxylation is 1. The van der Waals surface area contributed by atoms with Gasteiger partial charge in [0.05, 0.1) is 29.2 Å². The van der Waals surface area contributed by atoms with Gasteiger partial charge >= 0.3 is 0 Å². The molecule has 0 amide bonds. The van der Waals surface area contributed by atoms with Gasteiger partial charge in [0.2, 0.25) is 0 Å². The van der Waals surface area contributed by atoms with Crippen LogP contribution in [0.4, 0.5) is 5.69 Å². The number of hydrogen-bond donors (Lipinski definition) is 0. The van der Waals surface area contributed by atoms with E-state index in [1.165, 1.54) is 6.07 Å². The van der Waals surface area contributed by atoms with Crippen LogP contribution in [-0.4, -0.2) is 54.3 Å². The maximum atomic E-state index is 11.0. The number of morpholine rings is 1. The Morgan fingerprint density at radius 2 is 2.13 bits per heavy atom. The summed E-state index contributed by atoms with van der Waals surface area (Å²) in [7, 11) is 0. The molecule has 1 aromatic carbocycles. The zero-order chi connectivity index (χ0) is 16.2. The van der Waals surface area contributed by atoms with Gasteiger partial charge in [0.15, 0.2) is 0 Å². The molecule has 1 fully saturated rings. The lowest BCUT2D eigenvalue weighted by atomic mass is 10.1. The van der Waals surface area contributed by atoms with Gasteiger partial charge in [-0.1, -0.05) is 0 Å². The third-order valence-electron chi connectivity index (χ3n) is 4.06. The van der Waals surface area contributed by atoms with Crippen LogP contribution in [0.15, 0.2) is 24.4 Å². The van der Waals surface area contributed by atoms with Crippen LogP contribution in [0.3, 0.4) is 0 Å². The van der Waals surface area contributed by atoms with Crippen LogP contribution in [-0.2, 0) is 4.74 Å². The predicted molar refractivity (Wildman–Crippen MR) is 85.9 cm³/mol. The highest BCUT2D eigenvalue weighted by Crippen LogP contribution is 2.31. The van der Waals surface area contributed by atoms with Gasteiger partial charge < -0.3 is 9.47 Å². The van der Waals surface area contributed by atoms with Crippen molar-refractivity contribution in [1.29, 1.82) is 0 Å². The summed E-state index contributed by atoms with van der Waals surface area (Å²) in [5.74, 6) is 0.709. The highest BCUT2D eigenvalue weighted by Gasteiger charge is 2.16. The van der Waals surface area contributed by atoms with Crippen molar-refractivity contribution in [3.63, 3.8) is 0 Å². The molecule has 0 bridgehead atoms. The molecule has 7 heteroatoms. The van der Waals surface area contributed by atoms with E-state index in [0.29, 0.717) is 23.4 Å². The zero-order valence-electron chi connectivity index (χ0n) is 13.0. The highest BCUT2D eigenvalue weighted by atomic mass is 16.6. The van der Waals surface area contributed by atoms with E-state index >= 15 is 0 Å². The fraction of sp³-hybridized carbons (Fsp3) is 0.438. The van der Waals surface area contributed by atoms with Crippen molar-refractivity contribution < 1.29 is 14.4 Å². The van der Waals surface area contributed by atoms with Crippen molar-refractivity contribution in [2.24, 2.45) is 0 Å². The van der Waals surface area contributed by atoms with Crippen molar-refractivity contribution in [2.45, 2.75) is 6.92 Å². The molecule has 1 aliphatic rings. The van der Waals surface area contributed by atoms with Crippen molar-refractivity contribution in [1.82, 2.24) is 9.88 Å². The van der Waals surface area contributed by atoms with E-state index in [-0.39, 0.29) is 10.6 Å². The molecule has 0 atom stereocenters. The van der Waals surface area contributed by atoms with Crippen LogP contribution in [0.1, 0.15) is 5.56 Å². The molecule has 122 valence electrons. The van der Waals surface area contributed by atoms with Crippen molar-refractivity contribution in [3.8, 4) is 5.75 Å². The number of ether oxygens (including phenoxy) is 2. The molecule has 0 radical (unpaired) electrons. The maximum absolute atomic E-state index is 11.0. The Morgan fingerprint density at radius 1 is 1.35 bits per heavy atom. The van der Waals surface area contributed by atoms with Crippen molar-refractivity contribution >= 4 is 16.6 Å². The standard InChI is InChI=1S/C16H19N3O4/c1-12-14(19(20)21)3-2-13-15(4-5-17-16(12)13)23-11-8-18-6-9-22-10-7-18/h2-5H,6-11H2,1H3. The highest BCUT2D eigenvalue weighted by molar-refractivity contribution is 5.89. The summed E-state index contributed by atoms with van der Waals surface area (Å²) >= 11 is 0. The minimum absolute atomic E-state index is 0.0791. The molecule has 0 N–H and O–H groups in total. The third-order valence-corrected chi connectivity index (χ3v) is 4.06. The molecule has 1 aliphatic heterocycles. The average molecular weight is 317 g/mol. The van der Waals surface area contributed by atoms with Gasteiger partial charge in [0, 0.05) is 37.3 Å². The number of fused-ring (bicyclic) bond motifs is 1. The molecule has 0 unspecified atom stereocenters. The third kappa shape index (κ3) is 3.40. The zero-order valence-corrected chi connectivity index (χ0v) is 13.0. The second kappa shape index (κ2) is 6.89. The van der Waals surface area contributed by atoms with Crippen LogP contribution in [0.2, 0.25) is 0 Å². The lowest BCUT2D eigenvalue weighted by Crippen LogP contribution is -2.38. The van der Waals surface area contributed by atoms with Gasteiger partial charge in [0.25, 0.3) is 5.69 Å². The van der Waals surface area contributed by atoms with E-state index in [0.717, 1.165) is 38.2 Å². The summed E-state index contributed by atoms with van der Waals surface area (Å²) in [5, 5.41) is 11.8. The summed E-state index contributed by atoms with van der Waals surface area (Å²) < 4.78 is 11.2. The number of aromatic nitrogens is 1. The first-order valence-electron chi connectivity index (χ1n) is 7.62. The van der Waals surface area contributed by atoms with E-state index in [9.17, 15) is 10.1 Å². The van der Waals surface area contributed by atoms with E-state index in [4.69, 9.17) is 9.47 Å². The normalized spacial score (nSPS) is 15.7. The molecule has 1 saturated heterocycles. The van der Waals surface area contributed by atoms with Gasteiger partial charge in [-0.2, -0.15) is 0 Å². The van der Waals surface area contributed by atoms with Gasteiger partial charge in [0.1, 0.15) is 12.4 Å². The summed E-state index contributed by atoms with van der Waals surface area (Å²) in [6.07, 6.45) is 1.63. The predicted octanol–water partition coefficient (Wildman–Crippen LogP) is 2.16. The molecule has 23 heavy (non-hydrogen) atoms. The number of nitro groups is 1. The van der Waals surface area contributed by atoms with Crippen LogP contribution in [0, 0.1) is 17.0 Å². The first-order chi connectivity index (χ1) is 11.2. The lowest BCUT2D eigenvalue weighted by Gasteiger charge is -2.26. The first-order valence-corrected chi connectivity index (χ1v) is 7.62. The Morgan fingerprint density at radius 3 is 2.87 bits per heavy atom. The molecule has 0 saturated carbocycles. The average Bonchev–Trinajstić information content (AvgIpc) is 2.56. The summed E-state index contributed by atoms with van der Waals surface area (Å²) in [4.78, 5) is 17.2. The van der Waals surface area contributed by atoms with Crippen LogP contribution in [0.5, 0.6) is 5.75 Å². The Bertz CT molecular complexity index is 714. The summed E-state index contributed by atoms with van der Waals surface area (Å²) in [5.41, 5.74) is 1.25. The molecule has 2 aromatic rings. The largest absolute Gasteiger partial charge is 0.491 e. The van der Waals surface area contributed by atoms with Crippen LogP contribution >= 0.6 is 0 Å². The SMILES string of the molecule is Cc1c([N+](=O)[O-])ccc2c(OCCN3CCOCC3)ccnc12. The Hall–Kier alpha value is -2.25. The number of nitrogens with zero attached hydrogens (tertiary/aromatic N) is 3. The number of hydrogen-bond acceptors (Lipinski definition) is 6. The minimum Gasteiger partial charge on any atom is -0.491 e. The fourth-order valence-electron chi connectivity index (χ4n) is 2.76. The van der Waals surface area contributed by atoms with Crippen molar-refractivity contribution in [2.75, 3.05) is 39.5 Å². The number of benzene rings is 1. The fourth-order valence-corrected chi connectivity index (χ4v) is 2.76. The van der Waals surface area contributed by atoms with E-state index in [2.05, 4.69) is 9.88 Å². The molecular formula is C16H19N3O4. The lowest BCUT2D eigenvalue weighted by molar-refractivity contribution is -0.385. The Balaban J connectivity index is 1.75. The molecule has 3 rings (SSSR count). The monoisotopic (exact) mass is 317 g/mol. The first kappa shape index (κ1) is 15.6. The van der Waals surface area contributed by atoms with Gasteiger partial charge in [-0.25, -0.2) is 0 Å². The second-order valence-corrected chi connectivity index (χ2v) is 5.47. The Kier molecular flexibility index (Phi) is 4.68. The van der Waals surface area contributed by atoms with Crippen molar-refractivity contribution in [3.05, 3.63) is 40.1 Å². The van der Waals surface area contributed by atoms with E-state index in [1.807, 2.05) is 0 Å². The van der Waals surface area contributed by atoms with Crippen LogP contribution in [0.25, 0.3) is 10.9 Å². The molecule has 1 aromatic heterocycles. The van der Waals surface area contributed by atoms with Gasteiger partial charge in [-0.15, -0.1) is 0 Å². The number of rotatable bonds is 5. The number of pyridine rings is 1.